The molecule has 0 spiro atoms. The lowest BCUT2D eigenvalue weighted by Crippen LogP contribution is -2.36. The zero-order valence-electron chi connectivity index (χ0n) is 16.0. The number of furan rings is 1. The Morgan fingerprint density at radius 1 is 1.03 bits per heavy atom. The third-order valence-corrected chi connectivity index (χ3v) is 7.03. The molecule has 1 amide bonds. The van der Waals surface area contributed by atoms with Crippen LogP contribution in [0, 0.1) is 0 Å². The number of benzene rings is 2. The van der Waals surface area contributed by atoms with Crippen molar-refractivity contribution in [2.24, 2.45) is 0 Å². The molecule has 6 nitrogen and oxygen atoms in total. The summed E-state index contributed by atoms with van der Waals surface area (Å²) in [6.07, 6.45) is 2.25. The number of nitrogens with zero attached hydrogens (tertiary/aromatic N) is 1. The van der Waals surface area contributed by atoms with E-state index in [1.165, 1.54) is 34.1 Å². The molecule has 0 bridgehead atoms. The number of hydrogen-bond donors (Lipinski definition) is 1. The van der Waals surface area contributed by atoms with Crippen molar-refractivity contribution in [3.63, 3.8) is 0 Å². The Bertz CT molecular complexity index is 1110. The smallest absolute Gasteiger partial charge is 0.251 e. The summed E-state index contributed by atoms with van der Waals surface area (Å²) in [5.41, 5.74) is 2.62. The van der Waals surface area contributed by atoms with Gasteiger partial charge < -0.3 is 9.73 Å². The van der Waals surface area contributed by atoms with Crippen LogP contribution in [0.2, 0.25) is 0 Å². The van der Waals surface area contributed by atoms with E-state index in [1.54, 1.807) is 18.4 Å². The monoisotopic (exact) mass is 410 g/mol. The topological polar surface area (TPSA) is 79.6 Å². The van der Waals surface area contributed by atoms with Gasteiger partial charge in [0.05, 0.1) is 17.2 Å². The van der Waals surface area contributed by atoms with Crippen LogP contribution in [0.5, 0.6) is 0 Å². The van der Waals surface area contributed by atoms with Crippen molar-refractivity contribution in [2.45, 2.75) is 30.8 Å². The van der Waals surface area contributed by atoms with Gasteiger partial charge >= 0.3 is 0 Å². The van der Waals surface area contributed by atoms with Crippen molar-refractivity contribution in [2.75, 3.05) is 6.54 Å². The summed E-state index contributed by atoms with van der Waals surface area (Å²) in [5.74, 6) is 0.368. The molecule has 7 heteroatoms. The maximum absolute atomic E-state index is 13.0. The fourth-order valence-corrected chi connectivity index (χ4v) is 4.91. The number of carbonyl (C=O) groups excluding carboxylic acids is 1. The highest BCUT2D eigenvalue weighted by Crippen LogP contribution is 2.25. The molecule has 0 saturated heterocycles. The van der Waals surface area contributed by atoms with Gasteiger partial charge in [-0.15, -0.1) is 0 Å². The average Bonchev–Trinajstić information content (AvgIpc) is 3.28. The van der Waals surface area contributed by atoms with E-state index in [-0.39, 0.29) is 16.8 Å². The third-order valence-electron chi connectivity index (χ3n) is 5.17. The van der Waals surface area contributed by atoms with Crippen LogP contribution in [-0.2, 0) is 23.0 Å². The van der Waals surface area contributed by atoms with Crippen LogP contribution in [0.3, 0.4) is 0 Å². The number of carbonyl (C=O) groups is 1. The minimum atomic E-state index is -3.62. The van der Waals surface area contributed by atoms with Crippen LogP contribution < -0.4 is 5.32 Å². The maximum atomic E-state index is 13.0. The highest BCUT2D eigenvalue weighted by Gasteiger charge is 2.28. The third kappa shape index (κ3) is 3.97. The quantitative estimate of drug-likeness (QED) is 0.698. The molecule has 29 heavy (non-hydrogen) atoms. The summed E-state index contributed by atoms with van der Waals surface area (Å²) in [6, 6.07) is 17.2. The number of amides is 1. The Hall–Kier alpha value is -2.90. The average molecular weight is 410 g/mol. The molecule has 150 valence electrons. The number of fused-ring (bicyclic) bond motifs is 1. The molecule has 1 N–H and O–H groups in total. The molecule has 2 aromatic carbocycles. The molecule has 1 atom stereocenters. The second kappa shape index (κ2) is 7.85. The minimum absolute atomic E-state index is 0.188. The first-order chi connectivity index (χ1) is 13.9. The molecular weight excluding hydrogens is 388 g/mol. The van der Waals surface area contributed by atoms with Crippen molar-refractivity contribution < 1.29 is 17.6 Å². The Kier molecular flexibility index (Phi) is 5.25. The van der Waals surface area contributed by atoms with E-state index in [0.717, 1.165) is 5.56 Å². The normalized spacial score (nSPS) is 15.5. The molecule has 1 aliphatic rings. The molecule has 0 radical (unpaired) electrons. The second-order valence-corrected chi connectivity index (χ2v) is 9.03. The van der Waals surface area contributed by atoms with Gasteiger partial charge in [0.1, 0.15) is 5.76 Å². The standard InChI is InChI=1S/C22H22N2O4S/c1-16(21-7-4-14-28-21)23-22(25)18-8-10-20(11-9-18)29(26,27)24-13-12-17-5-2-3-6-19(17)15-24/h2-11,14,16H,12-13,15H2,1H3,(H,23,25)/t16-/m0/s1. The second-order valence-electron chi connectivity index (χ2n) is 7.09. The van der Waals surface area contributed by atoms with Crippen molar-refractivity contribution in [1.29, 1.82) is 0 Å². The van der Waals surface area contributed by atoms with Gasteiger partial charge in [0.2, 0.25) is 10.0 Å². The lowest BCUT2D eigenvalue weighted by molar-refractivity contribution is 0.0935. The Labute approximate surface area is 170 Å². The summed E-state index contributed by atoms with van der Waals surface area (Å²) in [4.78, 5) is 12.6. The molecule has 0 unspecified atom stereocenters. The molecule has 1 aromatic heterocycles. The van der Waals surface area contributed by atoms with Gasteiger partial charge in [0.25, 0.3) is 5.91 Å². The van der Waals surface area contributed by atoms with Gasteiger partial charge in [-0.3, -0.25) is 4.79 Å². The Morgan fingerprint density at radius 3 is 2.45 bits per heavy atom. The predicted octanol–water partition coefficient (Wildman–Crippen LogP) is 3.52. The van der Waals surface area contributed by atoms with Gasteiger partial charge in [-0.1, -0.05) is 24.3 Å². The molecule has 0 aliphatic carbocycles. The highest BCUT2D eigenvalue weighted by atomic mass is 32.2. The van der Waals surface area contributed by atoms with Gasteiger partial charge in [0, 0.05) is 18.7 Å². The molecule has 0 saturated carbocycles. The lowest BCUT2D eigenvalue weighted by atomic mass is 10.0. The number of hydrogen-bond acceptors (Lipinski definition) is 4. The number of sulfonamides is 1. The van der Waals surface area contributed by atoms with Crippen LogP contribution >= 0.6 is 0 Å². The van der Waals surface area contributed by atoms with Gasteiger partial charge in [0.15, 0.2) is 0 Å². The van der Waals surface area contributed by atoms with E-state index in [9.17, 15) is 13.2 Å². The summed E-state index contributed by atoms with van der Waals surface area (Å²) in [5, 5.41) is 2.84. The first-order valence-corrected chi connectivity index (χ1v) is 10.9. The van der Waals surface area contributed by atoms with Crippen molar-refractivity contribution in [3.05, 3.63) is 89.4 Å². The van der Waals surface area contributed by atoms with E-state index < -0.39 is 10.0 Å². The van der Waals surface area contributed by atoms with Gasteiger partial charge in [-0.2, -0.15) is 4.31 Å². The van der Waals surface area contributed by atoms with E-state index >= 15 is 0 Å². The summed E-state index contributed by atoms with van der Waals surface area (Å²) in [6.45, 7) is 2.63. The largest absolute Gasteiger partial charge is 0.467 e. The molecular formula is C22H22N2O4S. The maximum Gasteiger partial charge on any atom is 0.251 e. The van der Waals surface area contributed by atoms with Crippen molar-refractivity contribution >= 4 is 15.9 Å². The lowest BCUT2D eigenvalue weighted by Gasteiger charge is -2.28. The van der Waals surface area contributed by atoms with Crippen LogP contribution in [-0.4, -0.2) is 25.2 Å². The Balaban J connectivity index is 1.48. The number of rotatable bonds is 5. The van der Waals surface area contributed by atoms with Crippen LogP contribution in [0.4, 0.5) is 0 Å². The van der Waals surface area contributed by atoms with Gasteiger partial charge in [-0.05, 0) is 60.9 Å². The van der Waals surface area contributed by atoms with E-state index in [0.29, 0.717) is 30.8 Å². The Morgan fingerprint density at radius 2 is 1.76 bits per heavy atom. The fourth-order valence-electron chi connectivity index (χ4n) is 3.49. The zero-order chi connectivity index (χ0) is 20.4. The van der Waals surface area contributed by atoms with E-state index in [4.69, 9.17) is 4.42 Å². The van der Waals surface area contributed by atoms with Crippen molar-refractivity contribution in [3.8, 4) is 0 Å². The summed E-state index contributed by atoms with van der Waals surface area (Å²) in [7, 11) is -3.62. The SMILES string of the molecule is C[C@H](NC(=O)c1ccc(S(=O)(=O)N2CCc3ccccc3C2)cc1)c1ccco1. The van der Waals surface area contributed by atoms with Crippen LogP contribution in [0.25, 0.3) is 0 Å². The molecule has 3 aromatic rings. The van der Waals surface area contributed by atoms with Gasteiger partial charge in [-0.25, -0.2) is 8.42 Å². The molecule has 1 aliphatic heterocycles. The zero-order valence-corrected chi connectivity index (χ0v) is 16.9. The van der Waals surface area contributed by atoms with E-state index in [1.807, 2.05) is 31.2 Å². The first-order valence-electron chi connectivity index (χ1n) is 9.46. The molecule has 0 fully saturated rings. The van der Waals surface area contributed by atoms with E-state index in [2.05, 4.69) is 5.32 Å². The van der Waals surface area contributed by atoms with Crippen LogP contribution in [0.15, 0.2) is 76.2 Å². The fraction of sp³-hybridized carbons (Fsp3) is 0.227. The summed E-state index contributed by atoms with van der Waals surface area (Å²) >= 11 is 0. The highest BCUT2D eigenvalue weighted by molar-refractivity contribution is 7.89. The van der Waals surface area contributed by atoms with Crippen LogP contribution in [0.1, 0.15) is 40.2 Å². The molecule has 4 rings (SSSR count). The number of nitrogens with one attached hydrogen (secondary N) is 1. The molecule has 2 heterocycles. The minimum Gasteiger partial charge on any atom is -0.467 e. The van der Waals surface area contributed by atoms with Crippen molar-refractivity contribution in [1.82, 2.24) is 9.62 Å². The predicted molar refractivity (Wildman–Crippen MR) is 109 cm³/mol. The summed E-state index contributed by atoms with van der Waals surface area (Å²) < 4.78 is 32.8. The first kappa shape index (κ1) is 19.4.